The van der Waals surface area contributed by atoms with E-state index in [2.05, 4.69) is 20.4 Å². The van der Waals surface area contributed by atoms with Crippen molar-refractivity contribution in [2.75, 3.05) is 0 Å². The minimum Gasteiger partial charge on any atom is -0.300 e. The van der Waals surface area contributed by atoms with Gasteiger partial charge in [0, 0.05) is 0 Å². The summed E-state index contributed by atoms with van der Waals surface area (Å²) in [5.41, 5.74) is 2.63. The second kappa shape index (κ2) is 4.14. The summed E-state index contributed by atoms with van der Waals surface area (Å²) in [6, 6.07) is 7.61. The van der Waals surface area contributed by atoms with Gasteiger partial charge < -0.3 is 5.10 Å². The first-order chi connectivity index (χ1) is 7.66. The van der Waals surface area contributed by atoms with Gasteiger partial charge in [0.1, 0.15) is 0 Å². The van der Waals surface area contributed by atoms with Crippen LogP contribution in [-0.2, 0) is 0 Å². The van der Waals surface area contributed by atoms with Crippen LogP contribution in [0.25, 0.3) is 0 Å². The Morgan fingerprint density at radius 2 is 1.69 bits per heavy atom. The summed E-state index contributed by atoms with van der Waals surface area (Å²) in [6.45, 7) is 3.77. The quantitative estimate of drug-likeness (QED) is 0.744. The van der Waals surface area contributed by atoms with E-state index in [1.807, 2.05) is 31.2 Å². The lowest BCUT2D eigenvalue weighted by Crippen LogP contribution is -1.96. The number of aromatic nitrogens is 2. The van der Waals surface area contributed by atoms with Crippen LogP contribution >= 0.6 is 0 Å². The molecule has 0 fully saturated rings. The van der Waals surface area contributed by atoms with Gasteiger partial charge in [-0.15, -0.1) is 5.11 Å². The molecule has 2 rings (SSSR count). The number of aromatic amines is 2. The highest BCUT2D eigenvalue weighted by Gasteiger charge is 2.03. The second-order valence-corrected chi connectivity index (χ2v) is 3.59. The van der Waals surface area contributed by atoms with Gasteiger partial charge in [-0.05, 0) is 26.0 Å². The third-order valence-electron chi connectivity index (χ3n) is 2.23. The normalized spacial score (nSPS) is 11.1. The Morgan fingerprint density at radius 3 is 2.25 bits per heavy atom. The first kappa shape index (κ1) is 10.4. The molecule has 2 N–H and O–H groups in total. The van der Waals surface area contributed by atoms with Gasteiger partial charge in [0.25, 0.3) is 5.56 Å². The third-order valence-corrected chi connectivity index (χ3v) is 2.23. The standard InChI is InChI=1S/C11H12N4O/c1-7-3-5-9(6-4-7)13-14-10-8(2)12-15-11(10)16/h3-6H,1-2H3,(H2,12,15,16). The van der Waals surface area contributed by atoms with Crippen LogP contribution < -0.4 is 5.56 Å². The molecule has 0 amide bonds. The first-order valence-corrected chi connectivity index (χ1v) is 4.92. The molecule has 1 aromatic heterocycles. The van der Waals surface area contributed by atoms with Crippen molar-refractivity contribution in [2.45, 2.75) is 13.8 Å². The van der Waals surface area contributed by atoms with E-state index in [0.717, 1.165) is 11.3 Å². The number of aryl methyl sites for hydroxylation is 2. The number of rotatable bonds is 2. The molecule has 82 valence electrons. The van der Waals surface area contributed by atoms with Crippen molar-refractivity contribution in [3.63, 3.8) is 0 Å². The van der Waals surface area contributed by atoms with Crippen LogP contribution in [0.15, 0.2) is 39.3 Å². The fourth-order valence-electron chi connectivity index (χ4n) is 1.28. The van der Waals surface area contributed by atoms with Crippen molar-refractivity contribution in [3.05, 3.63) is 45.9 Å². The Balaban J connectivity index is 2.28. The lowest BCUT2D eigenvalue weighted by Gasteiger charge is -1.92. The predicted octanol–water partition coefficient (Wildman–Crippen LogP) is 2.74. The Kier molecular flexibility index (Phi) is 2.68. The van der Waals surface area contributed by atoms with Crippen LogP contribution in [-0.4, -0.2) is 10.2 Å². The molecule has 5 nitrogen and oxygen atoms in total. The molecule has 0 unspecified atom stereocenters. The third kappa shape index (κ3) is 2.08. The van der Waals surface area contributed by atoms with E-state index >= 15 is 0 Å². The molecular weight excluding hydrogens is 204 g/mol. The van der Waals surface area contributed by atoms with Crippen molar-refractivity contribution in [2.24, 2.45) is 10.2 Å². The summed E-state index contributed by atoms with van der Waals surface area (Å²) in [6.07, 6.45) is 0. The highest BCUT2D eigenvalue weighted by atomic mass is 16.1. The second-order valence-electron chi connectivity index (χ2n) is 3.59. The van der Waals surface area contributed by atoms with E-state index in [9.17, 15) is 4.79 Å². The molecule has 0 saturated carbocycles. The maximum atomic E-state index is 11.3. The molecule has 16 heavy (non-hydrogen) atoms. The van der Waals surface area contributed by atoms with Crippen LogP contribution in [0.4, 0.5) is 11.4 Å². The Labute approximate surface area is 92.2 Å². The number of azo groups is 1. The van der Waals surface area contributed by atoms with Gasteiger partial charge in [0.2, 0.25) is 0 Å². The van der Waals surface area contributed by atoms with Crippen LogP contribution in [0.5, 0.6) is 0 Å². The van der Waals surface area contributed by atoms with Crippen LogP contribution in [0, 0.1) is 13.8 Å². The van der Waals surface area contributed by atoms with Crippen LogP contribution in [0.3, 0.4) is 0 Å². The minimum absolute atomic E-state index is 0.256. The van der Waals surface area contributed by atoms with Gasteiger partial charge in [-0.1, -0.05) is 17.7 Å². The SMILES string of the molecule is Cc1ccc(N=Nc2c(C)[nH][nH]c2=O)cc1. The number of hydrogen-bond donors (Lipinski definition) is 2. The van der Waals surface area contributed by atoms with Crippen molar-refractivity contribution in [1.82, 2.24) is 10.2 Å². The largest absolute Gasteiger partial charge is 0.300 e. The topological polar surface area (TPSA) is 73.4 Å². The summed E-state index contributed by atoms with van der Waals surface area (Å²) in [4.78, 5) is 11.3. The molecule has 0 bridgehead atoms. The molecule has 2 aromatic rings. The number of hydrogen-bond acceptors (Lipinski definition) is 3. The average Bonchev–Trinajstić information content (AvgIpc) is 2.59. The molecule has 1 heterocycles. The number of nitrogens with one attached hydrogen (secondary N) is 2. The summed E-state index contributed by atoms with van der Waals surface area (Å²) in [7, 11) is 0. The zero-order valence-corrected chi connectivity index (χ0v) is 9.11. The number of benzene rings is 1. The van der Waals surface area contributed by atoms with Crippen molar-refractivity contribution >= 4 is 11.4 Å². The van der Waals surface area contributed by atoms with Gasteiger partial charge >= 0.3 is 0 Å². The predicted molar refractivity (Wildman–Crippen MR) is 61.5 cm³/mol. The lowest BCUT2D eigenvalue weighted by molar-refractivity contribution is 1.02. The highest BCUT2D eigenvalue weighted by molar-refractivity contribution is 5.41. The summed E-state index contributed by atoms with van der Waals surface area (Å²) in [5, 5.41) is 13.1. The van der Waals surface area contributed by atoms with Gasteiger partial charge in [-0.2, -0.15) is 5.11 Å². The molecule has 5 heteroatoms. The summed E-state index contributed by atoms with van der Waals surface area (Å²) in [5.74, 6) is 0. The Morgan fingerprint density at radius 1 is 1.00 bits per heavy atom. The highest BCUT2D eigenvalue weighted by Crippen LogP contribution is 2.17. The molecule has 0 saturated heterocycles. The monoisotopic (exact) mass is 216 g/mol. The Hall–Kier alpha value is -2.17. The fourth-order valence-corrected chi connectivity index (χ4v) is 1.28. The van der Waals surface area contributed by atoms with Gasteiger partial charge in [0.15, 0.2) is 5.69 Å². The number of nitrogens with zero attached hydrogens (tertiary/aromatic N) is 2. The Bertz CT molecular complexity index is 562. The minimum atomic E-state index is -0.256. The van der Waals surface area contributed by atoms with E-state index in [4.69, 9.17) is 0 Å². The maximum absolute atomic E-state index is 11.3. The molecule has 0 aliphatic heterocycles. The van der Waals surface area contributed by atoms with Crippen molar-refractivity contribution in [1.29, 1.82) is 0 Å². The van der Waals surface area contributed by atoms with Crippen molar-refractivity contribution < 1.29 is 0 Å². The fraction of sp³-hybridized carbons (Fsp3) is 0.182. The molecule has 0 radical (unpaired) electrons. The lowest BCUT2D eigenvalue weighted by atomic mass is 10.2. The smallest absolute Gasteiger partial charge is 0.291 e. The zero-order valence-electron chi connectivity index (χ0n) is 9.11. The van der Waals surface area contributed by atoms with Crippen LogP contribution in [0.2, 0.25) is 0 Å². The average molecular weight is 216 g/mol. The maximum Gasteiger partial charge on any atom is 0.291 e. The molecule has 0 aliphatic carbocycles. The van der Waals surface area contributed by atoms with E-state index in [-0.39, 0.29) is 5.56 Å². The van der Waals surface area contributed by atoms with Gasteiger partial charge in [-0.25, -0.2) is 0 Å². The van der Waals surface area contributed by atoms with Crippen LogP contribution in [0.1, 0.15) is 11.3 Å². The van der Waals surface area contributed by atoms with Crippen molar-refractivity contribution in [3.8, 4) is 0 Å². The summed E-state index contributed by atoms with van der Waals surface area (Å²) >= 11 is 0. The zero-order chi connectivity index (χ0) is 11.5. The van der Waals surface area contributed by atoms with Gasteiger partial charge in [0.05, 0.1) is 11.4 Å². The van der Waals surface area contributed by atoms with E-state index < -0.39 is 0 Å². The van der Waals surface area contributed by atoms with E-state index in [1.165, 1.54) is 0 Å². The first-order valence-electron chi connectivity index (χ1n) is 4.92. The molecule has 0 aliphatic rings. The molecule has 0 atom stereocenters. The summed E-state index contributed by atoms with van der Waals surface area (Å²) < 4.78 is 0. The molecular formula is C11H12N4O. The number of H-pyrrole nitrogens is 2. The van der Waals surface area contributed by atoms with E-state index in [1.54, 1.807) is 6.92 Å². The molecule has 1 aromatic carbocycles. The van der Waals surface area contributed by atoms with E-state index in [0.29, 0.717) is 11.4 Å². The van der Waals surface area contributed by atoms with Gasteiger partial charge in [-0.3, -0.25) is 9.89 Å². The molecule has 0 spiro atoms.